The number of benzene rings is 2. The van der Waals surface area contributed by atoms with Gasteiger partial charge in [-0.05, 0) is 56.9 Å². The fourth-order valence-electron chi connectivity index (χ4n) is 3.78. The quantitative estimate of drug-likeness (QED) is 0.709. The summed E-state index contributed by atoms with van der Waals surface area (Å²) >= 11 is 0. The number of alkyl carbamates (subject to hydrolysis) is 1. The van der Waals surface area contributed by atoms with E-state index in [0.717, 1.165) is 11.1 Å². The molecule has 3 atom stereocenters. The summed E-state index contributed by atoms with van der Waals surface area (Å²) in [5.41, 5.74) is 1.90. The van der Waals surface area contributed by atoms with Crippen LogP contribution in [0.3, 0.4) is 0 Å². The molecular formula is C25H28N2O4. The van der Waals surface area contributed by atoms with E-state index in [1.807, 2.05) is 48.5 Å². The molecule has 1 amide bonds. The van der Waals surface area contributed by atoms with Crippen LogP contribution in [-0.2, 0) is 27.1 Å². The van der Waals surface area contributed by atoms with Crippen molar-refractivity contribution in [2.24, 2.45) is 5.92 Å². The Bertz CT molecular complexity index is 959. The second-order valence-corrected chi connectivity index (χ2v) is 8.86. The van der Waals surface area contributed by atoms with Gasteiger partial charge in [0.1, 0.15) is 11.7 Å². The van der Waals surface area contributed by atoms with Crippen LogP contribution in [0.5, 0.6) is 0 Å². The monoisotopic (exact) mass is 420 g/mol. The number of nitrogens with zero attached hydrogens (tertiary/aromatic N) is 1. The van der Waals surface area contributed by atoms with E-state index in [1.54, 1.807) is 26.8 Å². The van der Waals surface area contributed by atoms with Crippen molar-refractivity contribution in [3.05, 3.63) is 71.3 Å². The molecule has 0 aliphatic carbocycles. The molecule has 1 fully saturated rings. The molecule has 0 radical (unpaired) electrons. The van der Waals surface area contributed by atoms with E-state index in [9.17, 15) is 9.59 Å². The highest BCUT2D eigenvalue weighted by Gasteiger charge is 2.41. The molecule has 6 heteroatoms. The molecule has 2 aromatic carbocycles. The summed E-state index contributed by atoms with van der Waals surface area (Å²) in [6.07, 6.45) is 0.665. The van der Waals surface area contributed by atoms with Crippen molar-refractivity contribution in [1.82, 2.24) is 5.32 Å². The first kappa shape index (κ1) is 22.4. The molecule has 0 unspecified atom stereocenters. The lowest BCUT2D eigenvalue weighted by molar-refractivity contribution is -0.144. The molecule has 1 saturated heterocycles. The van der Waals surface area contributed by atoms with Crippen LogP contribution >= 0.6 is 0 Å². The van der Waals surface area contributed by atoms with Crippen molar-refractivity contribution >= 4 is 12.1 Å². The number of hydrogen-bond acceptors (Lipinski definition) is 5. The minimum absolute atomic E-state index is 0.301. The Kier molecular flexibility index (Phi) is 6.96. The average molecular weight is 421 g/mol. The summed E-state index contributed by atoms with van der Waals surface area (Å²) in [6, 6.07) is 18.7. The zero-order chi connectivity index (χ0) is 22.4. The van der Waals surface area contributed by atoms with Crippen LogP contribution in [0.25, 0.3) is 0 Å². The third kappa shape index (κ3) is 6.58. The van der Waals surface area contributed by atoms with Crippen molar-refractivity contribution < 1.29 is 19.1 Å². The van der Waals surface area contributed by atoms with E-state index in [4.69, 9.17) is 14.7 Å². The second kappa shape index (κ2) is 9.65. The number of amides is 1. The molecule has 6 nitrogen and oxygen atoms in total. The Hall–Kier alpha value is -3.33. The van der Waals surface area contributed by atoms with Gasteiger partial charge in [-0.25, -0.2) is 4.79 Å². The number of nitrogens with one attached hydrogen (secondary N) is 1. The Balaban J connectivity index is 1.73. The third-order valence-corrected chi connectivity index (χ3v) is 5.11. The van der Waals surface area contributed by atoms with Gasteiger partial charge in [-0.2, -0.15) is 5.26 Å². The summed E-state index contributed by atoms with van der Waals surface area (Å²) in [5.74, 6) is -0.796. The summed E-state index contributed by atoms with van der Waals surface area (Å²) < 4.78 is 11.1. The molecule has 0 bridgehead atoms. The highest BCUT2D eigenvalue weighted by atomic mass is 16.6. The fourth-order valence-corrected chi connectivity index (χ4v) is 3.78. The van der Waals surface area contributed by atoms with E-state index >= 15 is 0 Å². The number of carbonyl (C=O) groups excluding carboxylic acids is 2. The number of rotatable bonds is 6. The predicted octanol–water partition coefficient (Wildman–Crippen LogP) is 4.17. The summed E-state index contributed by atoms with van der Waals surface area (Å²) in [7, 11) is 0. The Morgan fingerprint density at radius 3 is 2.58 bits per heavy atom. The molecular weight excluding hydrogens is 392 g/mol. The number of esters is 1. The molecule has 0 saturated carbocycles. The van der Waals surface area contributed by atoms with Gasteiger partial charge < -0.3 is 14.8 Å². The molecule has 31 heavy (non-hydrogen) atoms. The van der Waals surface area contributed by atoms with Crippen LogP contribution in [0, 0.1) is 17.2 Å². The Labute approximate surface area is 183 Å². The molecule has 1 aliphatic heterocycles. The van der Waals surface area contributed by atoms with Gasteiger partial charge in [0.2, 0.25) is 0 Å². The lowest BCUT2D eigenvalue weighted by Gasteiger charge is -2.26. The zero-order valence-corrected chi connectivity index (χ0v) is 18.1. The van der Waals surface area contributed by atoms with Crippen LogP contribution in [0.2, 0.25) is 0 Å². The van der Waals surface area contributed by atoms with E-state index in [2.05, 4.69) is 11.4 Å². The van der Waals surface area contributed by atoms with Gasteiger partial charge in [0.05, 0.1) is 17.6 Å². The number of nitriles is 1. The van der Waals surface area contributed by atoms with Gasteiger partial charge >= 0.3 is 12.1 Å². The predicted molar refractivity (Wildman–Crippen MR) is 116 cm³/mol. The van der Waals surface area contributed by atoms with E-state index < -0.39 is 23.7 Å². The number of hydrogen-bond donors (Lipinski definition) is 1. The summed E-state index contributed by atoms with van der Waals surface area (Å²) in [4.78, 5) is 25.2. The number of ether oxygens (including phenoxy) is 2. The van der Waals surface area contributed by atoms with Crippen LogP contribution in [-0.4, -0.2) is 29.8 Å². The van der Waals surface area contributed by atoms with E-state index in [-0.39, 0.29) is 12.1 Å². The smallest absolute Gasteiger partial charge is 0.407 e. The largest absolute Gasteiger partial charge is 0.462 e. The van der Waals surface area contributed by atoms with Gasteiger partial charge in [-0.3, -0.25) is 4.79 Å². The fraction of sp³-hybridized carbons (Fsp3) is 0.400. The SMILES string of the molecule is CC(C)(C)OC(=O)N[C@@H](Cc1ccccc1)[C@H]1C[C@@H](Cc2cccc(C#N)c2)OC1=O. The molecule has 0 aromatic heterocycles. The molecule has 1 N–H and O–H groups in total. The number of carbonyl (C=O) groups is 2. The van der Waals surface area contributed by atoms with Crippen LogP contribution in [0.4, 0.5) is 4.79 Å². The minimum atomic E-state index is -0.633. The van der Waals surface area contributed by atoms with Gasteiger partial charge in [0, 0.05) is 12.5 Å². The maximum absolute atomic E-state index is 12.7. The average Bonchev–Trinajstić information content (AvgIpc) is 3.07. The molecule has 2 aromatic rings. The molecule has 1 heterocycles. The highest BCUT2D eigenvalue weighted by Crippen LogP contribution is 2.29. The normalized spacial score (nSPS) is 19.2. The van der Waals surface area contributed by atoms with Crippen LogP contribution in [0.15, 0.2) is 54.6 Å². The van der Waals surface area contributed by atoms with Gasteiger partial charge in [0.25, 0.3) is 0 Å². The van der Waals surface area contributed by atoms with Crippen molar-refractivity contribution in [2.45, 2.75) is 57.8 Å². The topological polar surface area (TPSA) is 88.4 Å². The van der Waals surface area contributed by atoms with E-state index in [1.165, 1.54) is 0 Å². The first-order valence-corrected chi connectivity index (χ1v) is 10.5. The standard InChI is InChI=1S/C25H28N2O4/c1-25(2,3)31-24(29)27-22(14-17-8-5-4-6-9-17)21-15-20(30-23(21)28)13-18-10-7-11-19(12-18)16-26/h4-12,20-22H,13-15H2,1-3H3,(H,27,29)/t20-,21-,22+/m1/s1. The summed E-state index contributed by atoms with van der Waals surface area (Å²) in [5, 5.41) is 12.0. The van der Waals surface area contributed by atoms with Crippen molar-refractivity contribution in [3.63, 3.8) is 0 Å². The van der Waals surface area contributed by atoms with Crippen LogP contribution < -0.4 is 5.32 Å². The molecule has 1 aliphatic rings. The first-order chi connectivity index (χ1) is 14.7. The second-order valence-electron chi connectivity index (χ2n) is 8.86. The maximum atomic E-state index is 12.7. The molecule has 0 spiro atoms. The lowest BCUT2D eigenvalue weighted by Crippen LogP contribution is -2.45. The van der Waals surface area contributed by atoms with Crippen LogP contribution in [0.1, 0.15) is 43.9 Å². The van der Waals surface area contributed by atoms with Gasteiger partial charge in [-0.15, -0.1) is 0 Å². The Morgan fingerprint density at radius 2 is 1.90 bits per heavy atom. The third-order valence-electron chi connectivity index (χ3n) is 5.11. The van der Waals surface area contributed by atoms with E-state index in [0.29, 0.717) is 24.8 Å². The molecule has 3 rings (SSSR count). The van der Waals surface area contributed by atoms with Crippen molar-refractivity contribution in [3.8, 4) is 6.07 Å². The minimum Gasteiger partial charge on any atom is -0.462 e. The lowest BCUT2D eigenvalue weighted by atomic mass is 9.89. The van der Waals surface area contributed by atoms with Crippen molar-refractivity contribution in [2.75, 3.05) is 0 Å². The summed E-state index contributed by atoms with van der Waals surface area (Å²) in [6.45, 7) is 5.40. The highest BCUT2D eigenvalue weighted by molar-refractivity contribution is 5.77. The maximum Gasteiger partial charge on any atom is 0.407 e. The zero-order valence-electron chi connectivity index (χ0n) is 18.1. The first-order valence-electron chi connectivity index (χ1n) is 10.5. The van der Waals surface area contributed by atoms with Crippen molar-refractivity contribution in [1.29, 1.82) is 5.26 Å². The van der Waals surface area contributed by atoms with Gasteiger partial charge in [0.15, 0.2) is 0 Å². The van der Waals surface area contributed by atoms with Gasteiger partial charge in [-0.1, -0.05) is 42.5 Å². The Morgan fingerprint density at radius 1 is 1.19 bits per heavy atom. The number of cyclic esters (lactones) is 1. The molecule has 162 valence electrons.